The summed E-state index contributed by atoms with van der Waals surface area (Å²) in [5, 5.41) is 6.00. The smallest absolute Gasteiger partial charge is 0.254 e. The van der Waals surface area contributed by atoms with E-state index in [-0.39, 0.29) is 5.91 Å². The Balaban J connectivity index is 1.97. The Hall–Kier alpha value is -2.47. The molecule has 0 bridgehead atoms. The molecule has 0 spiro atoms. The largest absolute Gasteiger partial charge is 0.351 e. The van der Waals surface area contributed by atoms with E-state index in [4.69, 9.17) is 0 Å². The van der Waals surface area contributed by atoms with E-state index in [9.17, 15) is 4.79 Å². The molecule has 0 fully saturated rings. The molecule has 1 amide bonds. The van der Waals surface area contributed by atoms with Crippen LogP contribution in [0, 0.1) is 13.8 Å². The van der Waals surface area contributed by atoms with Gasteiger partial charge in [-0.05, 0) is 39.6 Å². The summed E-state index contributed by atoms with van der Waals surface area (Å²) in [4.78, 5) is 22.4. The van der Waals surface area contributed by atoms with E-state index in [1.54, 1.807) is 0 Å². The molecule has 1 aromatic heterocycles. The van der Waals surface area contributed by atoms with Crippen molar-refractivity contribution in [2.24, 2.45) is 0 Å². The summed E-state index contributed by atoms with van der Waals surface area (Å²) in [6, 6.07) is 6.12. The highest BCUT2D eigenvalue weighted by atomic mass is 16.1. The van der Waals surface area contributed by atoms with E-state index in [2.05, 4.69) is 33.6 Å². The van der Waals surface area contributed by atoms with Crippen molar-refractivity contribution in [2.75, 3.05) is 32.5 Å². The van der Waals surface area contributed by atoms with Crippen LogP contribution in [0.4, 0.5) is 11.6 Å². The molecule has 2 rings (SSSR count). The van der Waals surface area contributed by atoms with Crippen LogP contribution in [-0.4, -0.2) is 48.0 Å². The molecule has 6 nitrogen and oxygen atoms in total. The van der Waals surface area contributed by atoms with Gasteiger partial charge in [0, 0.05) is 31.2 Å². The van der Waals surface area contributed by atoms with Crippen molar-refractivity contribution in [3.05, 3.63) is 47.3 Å². The number of carbonyl (C=O) groups excluding carboxylic acids is 1. The maximum atomic E-state index is 12.0. The fraction of sp³-hybridized carbons (Fsp3) is 0.353. The molecule has 0 atom stereocenters. The van der Waals surface area contributed by atoms with Crippen molar-refractivity contribution in [1.82, 2.24) is 20.2 Å². The number of aryl methyl sites for hydroxylation is 2. The number of hydrogen-bond acceptors (Lipinski definition) is 5. The Morgan fingerprint density at radius 2 is 1.87 bits per heavy atom. The van der Waals surface area contributed by atoms with Crippen LogP contribution in [0.2, 0.25) is 0 Å². The van der Waals surface area contributed by atoms with Crippen molar-refractivity contribution >= 4 is 17.5 Å². The predicted octanol–water partition coefficient (Wildman–Crippen LogP) is 2.13. The molecule has 0 unspecified atom stereocenters. The molecule has 0 aliphatic rings. The molecular formula is C17H23N5O. The summed E-state index contributed by atoms with van der Waals surface area (Å²) in [5.41, 5.74) is 3.74. The van der Waals surface area contributed by atoms with Crippen molar-refractivity contribution in [3.63, 3.8) is 0 Å². The van der Waals surface area contributed by atoms with Crippen LogP contribution in [0.15, 0.2) is 30.6 Å². The monoisotopic (exact) mass is 313 g/mol. The normalized spacial score (nSPS) is 10.7. The fourth-order valence-electron chi connectivity index (χ4n) is 2.08. The van der Waals surface area contributed by atoms with Gasteiger partial charge in [0.15, 0.2) is 0 Å². The SMILES string of the molecule is Cc1ccc(Nc2ncc(C(=O)NCCN(C)C)cn2)c(C)c1. The molecule has 1 heterocycles. The molecule has 0 saturated carbocycles. The number of nitrogens with one attached hydrogen (secondary N) is 2. The van der Waals surface area contributed by atoms with Gasteiger partial charge in [0.1, 0.15) is 0 Å². The minimum atomic E-state index is -0.162. The molecule has 2 N–H and O–H groups in total. The number of rotatable bonds is 6. The Bertz CT molecular complexity index is 667. The van der Waals surface area contributed by atoms with E-state index in [1.807, 2.05) is 38.1 Å². The maximum Gasteiger partial charge on any atom is 0.254 e. The second kappa shape index (κ2) is 7.69. The van der Waals surface area contributed by atoms with Crippen LogP contribution in [-0.2, 0) is 0 Å². The molecule has 122 valence electrons. The van der Waals surface area contributed by atoms with Crippen LogP contribution >= 0.6 is 0 Å². The van der Waals surface area contributed by atoms with Gasteiger partial charge in [-0.25, -0.2) is 9.97 Å². The molecule has 2 aromatic rings. The highest BCUT2D eigenvalue weighted by molar-refractivity contribution is 5.93. The van der Waals surface area contributed by atoms with Gasteiger partial charge in [-0.15, -0.1) is 0 Å². The average Bonchev–Trinajstić information content (AvgIpc) is 2.50. The van der Waals surface area contributed by atoms with Crippen molar-refractivity contribution in [1.29, 1.82) is 0 Å². The number of carbonyl (C=O) groups is 1. The summed E-state index contributed by atoms with van der Waals surface area (Å²) in [6.07, 6.45) is 3.06. The molecule has 0 aliphatic heterocycles. The quantitative estimate of drug-likeness (QED) is 0.855. The minimum absolute atomic E-state index is 0.162. The van der Waals surface area contributed by atoms with Crippen molar-refractivity contribution < 1.29 is 4.79 Å². The maximum absolute atomic E-state index is 12.0. The lowest BCUT2D eigenvalue weighted by molar-refractivity contribution is 0.0950. The molecule has 6 heteroatoms. The zero-order valence-corrected chi connectivity index (χ0v) is 14.1. The molecule has 0 saturated heterocycles. The van der Waals surface area contributed by atoms with Gasteiger partial charge in [0.25, 0.3) is 5.91 Å². The number of aromatic nitrogens is 2. The van der Waals surface area contributed by atoms with Gasteiger partial charge in [-0.2, -0.15) is 0 Å². The molecule has 1 aromatic carbocycles. The van der Waals surface area contributed by atoms with Gasteiger partial charge in [-0.1, -0.05) is 17.7 Å². The average molecular weight is 313 g/mol. The number of anilines is 2. The molecule has 23 heavy (non-hydrogen) atoms. The summed E-state index contributed by atoms with van der Waals surface area (Å²) in [6.45, 7) is 5.46. The van der Waals surface area contributed by atoms with Crippen LogP contribution in [0.25, 0.3) is 0 Å². The fourth-order valence-corrected chi connectivity index (χ4v) is 2.08. The van der Waals surface area contributed by atoms with Gasteiger partial charge in [0.2, 0.25) is 5.95 Å². The number of nitrogens with zero attached hydrogens (tertiary/aromatic N) is 3. The van der Waals surface area contributed by atoms with Crippen molar-refractivity contribution in [3.8, 4) is 0 Å². The van der Waals surface area contributed by atoms with E-state index < -0.39 is 0 Å². The Labute approximate surface area is 137 Å². The number of hydrogen-bond donors (Lipinski definition) is 2. The highest BCUT2D eigenvalue weighted by Crippen LogP contribution is 2.19. The first-order chi connectivity index (χ1) is 11.0. The van der Waals surface area contributed by atoms with E-state index >= 15 is 0 Å². The Kier molecular flexibility index (Phi) is 5.65. The highest BCUT2D eigenvalue weighted by Gasteiger charge is 2.07. The lowest BCUT2D eigenvalue weighted by Gasteiger charge is -2.11. The first-order valence-corrected chi connectivity index (χ1v) is 7.55. The van der Waals surface area contributed by atoms with Crippen LogP contribution < -0.4 is 10.6 Å². The molecular weight excluding hydrogens is 290 g/mol. The lowest BCUT2D eigenvalue weighted by Crippen LogP contribution is -2.31. The number of amides is 1. The Morgan fingerprint density at radius 1 is 1.17 bits per heavy atom. The third kappa shape index (κ3) is 5.03. The zero-order valence-electron chi connectivity index (χ0n) is 14.1. The summed E-state index contributed by atoms with van der Waals surface area (Å²) < 4.78 is 0. The first-order valence-electron chi connectivity index (χ1n) is 7.55. The van der Waals surface area contributed by atoms with E-state index in [1.165, 1.54) is 18.0 Å². The summed E-state index contributed by atoms with van der Waals surface area (Å²) >= 11 is 0. The summed E-state index contributed by atoms with van der Waals surface area (Å²) in [5.74, 6) is 0.312. The van der Waals surface area contributed by atoms with E-state index in [0.717, 1.165) is 17.8 Å². The third-order valence-electron chi connectivity index (χ3n) is 3.39. The second-order valence-electron chi connectivity index (χ2n) is 5.80. The Morgan fingerprint density at radius 3 is 2.48 bits per heavy atom. The lowest BCUT2D eigenvalue weighted by atomic mass is 10.1. The van der Waals surface area contributed by atoms with Crippen LogP contribution in [0.1, 0.15) is 21.5 Å². The topological polar surface area (TPSA) is 70.2 Å². The molecule has 0 radical (unpaired) electrons. The molecule has 0 aliphatic carbocycles. The second-order valence-corrected chi connectivity index (χ2v) is 5.80. The minimum Gasteiger partial charge on any atom is -0.351 e. The van der Waals surface area contributed by atoms with Crippen LogP contribution in [0.3, 0.4) is 0 Å². The third-order valence-corrected chi connectivity index (χ3v) is 3.39. The summed E-state index contributed by atoms with van der Waals surface area (Å²) in [7, 11) is 3.92. The van der Waals surface area contributed by atoms with Gasteiger partial charge in [-0.3, -0.25) is 4.79 Å². The van der Waals surface area contributed by atoms with Gasteiger partial charge < -0.3 is 15.5 Å². The van der Waals surface area contributed by atoms with Gasteiger partial charge in [0.05, 0.1) is 5.56 Å². The predicted molar refractivity (Wildman–Crippen MR) is 92.1 cm³/mol. The van der Waals surface area contributed by atoms with E-state index in [0.29, 0.717) is 18.1 Å². The zero-order chi connectivity index (χ0) is 16.8. The number of likely N-dealkylation sites (N-methyl/N-ethyl adjacent to an activating group) is 1. The van der Waals surface area contributed by atoms with Crippen molar-refractivity contribution in [2.45, 2.75) is 13.8 Å². The standard InChI is InChI=1S/C17H23N5O/c1-12-5-6-15(13(2)9-12)21-17-19-10-14(11-20-17)16(23)18-7-8-22(3)4/h5-6,9-11H,7-8H2,1-4H3,(H,18,23)(H,19,20,21). The number of benzene rings is 1. The first kappa shape index (κ1) is 16.9. The van der Waals surface area contributed by atoms with Crippen LogP contribution in [0.5, 0.6) is 0 Å². The van der Waals surface area contributed by atoms with Gasteiger partial charge >= 0.3 is 0 Å².